The van der Waals surface area contributed by atoms with Crippen LogP contribution in [0.4, 0.5) is 5.69 Å². The van der Waals surface area contributed by atoms with Crippen LogP contribution in [-0.2, 0) is 22.5 Å². The summed E-state index contributed by atoms with van der Waals surface area (Å²) in [7, 11) is 0. The van der Waals surface area contributed by atoms with Crippen molar-refractivity contribution in [3.05, 3.63) is 54.1 Å². The van der Waals surface area contributed by atoms with Crippen molar-refractivity contribution < 1.29 is 9.53 Å². The number of hydrogen-bond donors (Lipinski definition) is 1. The number of anilines is 1. The van der Waals surface area contributed by atoms with Gasteiger partial charge in [0.2, 0.25) is 5.91 Å². The van der Waals surface area contributed by atoms with Crippen LogP contribution in [0.25, 0.3) is 11.0 Å². The number of ether oxygens (including phenoxy) is 1. The number of rotatable bonds is 6. The van der Waals surface area contributed by atoms with Crippen LogP contribution in [0.15, 0.2) is 42.7 Å². The summed E-state index contributed by atoms with van der Waals surface area (Å²) >= 11 is 0. The van der Waals surface area contributed by atoms with Crippen LogP contribution >= 0.6 is 0 Å². The monoisotopic (exact) mass is 393 g/mol. The number of morpholine rings is 1. The molecule has 1 aliphatic heterocycles. The minimum Gasteiger partial charge on any atom is -0.379 e. The molecule has 152 valence electrons. The number of aryl methyl sites for hydroxylation is 2. The number of imidazole rings is 1. The van der Waals surface area contributed by atoms with Crippen LogP contribution in [0, 0.1) is 0 Å². The van der Waals surface area contributed by atoms with Crippen molar-refractivity contribution in [2.45, 2.75) is 32.9 Å². The van der Waals surface area contributed by atoms with Crippen LogP contribution < -0.4 is 5.32 Å². The van der Waals surface area contributed by atoms with Crippen molar-refractivity contribution in [3.8, 4) is 0 Å². The summed E-state index contributed by atoms with van der Waals surface area (Å²) in [6.45, 7) is 7.80. The first kappa shape index (κ1) is 19.5. The quantitative estimate of drug-likeness (QED) is 0.697. The number of fused-ring (bicyclic) bond motifs is 1. The average Bonchev–Trinajstić information content (AvgIpc) is 3.12. The van der Waals surface area contributed by atoms with Gasteiger partial charge in [-0.3, -0.25) is 14.7 Å². The highest BCUT2D eigenvalue weighted by Crippen LogP contribution is 2.25. The third-order valence-corrected chi connectivity index (χ3v) is 5.39. The molecule has 29 heavy (non-hydrogen) atoms. The largest absolute Gasteiger partial charge is 0.379 e. The van der Waals surface area contributed by atoms with Gasteiger partial charge in [0.15, 0.2) is 0 Å². The van der Waals surface area contributed by atoms with Crippen molar-refractivity contribution in [1.82, 2.24) is 19.4 Å². The van der Waals surface area contributed by atoms with E-state index in [1.54, 1.807) is 12.4 Å². The number of benzene rings is 1. The molecule has 7 nitrogen and oxygen atoms in total. The van der Waals surface area contributed by atoms with E-state index in [0.717, 1.165) is 41.1 Å². The van der Waals surface area contributed by atoms with Crippen LogP contribution in [-0.4, -0.2) is 51.6 Å². The SMILES string of the molecule is CCc1nc2cc(NC(=O)C(c3cccnc3)N3CCOCC3)ccc2n1CC. The van der Waals surface area contributed by atoms with Gasteiger partial charge in [-0.15, -0.1) is 0 Å². The summed E-state index contributed by atoms with van der Waals surface area (Å²) in [6.07, 6.45) is 4.37. The Hall–Kier alpha value is -2.77. The maximum absolute atomic E-state index is 13.3. The number of hydrogen-bond acceptors (Lipinski definition) is 5. The Kier molecular flexibility index (Phi) is 5.87. The molecular weight excluding hydrogens is 366 g/mol. The molecule has 1 fully saturated rings. The summed E-state index contributed by atoms with van der Waals surface area (Å²) in [5, 5.41) is 3.10. The van der Waals surface area contributed by atoms with Crippen LogP contribution in [0.5, 0.6) is 0 Å². The number of amides is 1. The van der Waals surface area contributed by atoms with Gasteiger partial charge in [0.1, 0.15) is 11.9 Å². The molecule has 1 aliphatic rings. The van der Waals surface area contributed by atoms with E-state index >= 15 is 0 Å². The lowest BCUT2D eigenvalue weighted by Gasteiger charge is -2.33. The molecule has 0 spiro atoms. The molecule has 2 aromatic heterocycles. The number of nitrogens with one attached hydrogen (secondary N) is 1. The Morgan fingerprint density at radius 2 is 2.07 bits per heavy atom. The van der Waals surface area contributed by atoms with E-state index in [9.17, 15) is 4.79 Å². The molecule has 0 radical (unpaired) electrons. The normalized spacial score (nSPS) is 16.1. The first-order chi connectivity index (χ1) is 14.2. The predicted molar refractivity (Wildman–Crippen MR) is 113 cm³/mol. The highest BCUT2D eigenvalue weighted by atomic mass is 16.5. The standard InChI is InChI=1S/C22H27N5O2/c1-3-20-25-18-14-17(7-8-19(18)27(20)4-2)24-22(28)21(16-6-5-9-23-15-16)26-10-12-29-13-11-26/h5-9,14-15,21H,3-4,10-13H2,1-2H3,(H,24,28). The Balaban J connectivity index is 1.61. The minimum absolute atomic E-state index is 0.0649. The predicted octanol–water partition coefficient (Wildman–Crippen LogP) is 3.03. The molecule has 3 heterocycles. The third-order valence-electron chi connectivity index (χ3n) is 5.39. The molecule has 1 saturated heterocycles. The zero-order chi connectivity index (χ0) is 20.2. The lowest BCUT2D eigenvalue weighted by molar-refractivity contribution is -0.123. The van der Waals surface area contributed by atoms with Crippen molar-refractivity contribution in [1.29, 1.82) is 0 Å². The van der Waals surface area contributed by atoms with Crippen LogP contribution in [0.1, 0.15) is 31.3 Å². The van der Waals surface area contributed by atoms with Gasteiger partial charge >= 0.3 is 0 Å². The minimum atomic E-state index is -0.400. The molecule has 1 amide bonds. The van der Waals surface area contributed by atoms with E-state index in [2.05, 4.69) is 33.6 Å². The molecule has 1 N–H and O–H groups in total. The summed E-state index contributed by atoms with van der Waals surface area (Å²) < 4.78 is 7.68. The molecule has 0 aliphatic carbocycles. The van der Waals surface area contributed by atoms with E-state index in [0.29, 0.717) is 26.3 Å². The molecule has 7 heteroatoms. The van der Waals surface area contributed by atoms with E-state index in [1.807, 2.05) is 30.3 Å². The summed E-state index contributed by atoms with van der Waals surface area (Å²) in [5.74, 6) is 0.998. The molecule has 1 unspecified atom stereocenters. The van der Waals surface area contributed by atoms with Gasteiger partial charge in [0.25, 0.3) is 0 Å². The maximum atomic E-state index is 13.3. The van der Waals surface area contributed by atoms with Crippen molar-refractivity contribution in [2.24, 2.45) is 0 Å². The number of carbonyl (C=O) groups is 1. The van der Waals surface area contributed by atoms with Crippen LogP contribution in [0.3, 0.4) is 0 Å². The van der Waals surface area contributed by atoms with Gasteiger partial charge < -0.3 is 14.6 Å². The smallest absolute Gasteiger partial charge is 0.246 e. The molecule has 1 aromatic carbocycles. The zero-order valence-corrected chi connectivity index (χ0v) is 17.0. The van der Waals surface area contributed by atoms with E-state index < -0.39 is 6.04 Å². The summed E-state index contributed by atoms with van der Waals surface area (Å²) in [6, 6.07) is 9.36. The van der Waals surface area contributed by atoms with Crippen LogP contribution in [0.2, 0.25) is 0 Å². The van der Waals surface area contributed by atoms with Gasteiger partial charge in [-0.05, 0) is 36.8 Å². The van der Waals surface area contributed by atoms with Gasteiger partial charge in [-0.25, -0.2) is 4.98 Å². The highest BCUT2D eigenvalue weighted by Gasteiger charge is 2.29. The Bertz CT molecular complexity index is 980. The van der Waals surface area contributed by atoms with E-state index in [4.69, 9.17) is 9.72 Å². The summed E-state index contributed by atoms with van der Waals surface area (Å²) in [5.41, 5.74) is 3.65. The zero-order valence-electron chi connectivity index (χ0n) is 17.0. The number of pyridine rings is 1. The second-order valence-electron chi connectivity index (χ2n) is 7.16. The second kappa shape index (κ2) is 8.71. The second-order valence-corrected chi connectivity index (χ2v) is 7.16. The fraction of sp³-hybridized carbons (Fsp3) is 0.409. The molecule has 1 atom stereocenters. The fourth-order valence-electron chi connectivity index (χ4n) is 3.99. The lowest BCUT2D eigenvalue weighted by atomic mass is 10.1. The van der Waals surface area contributed by atoms with E-state index in [-0.39, 0.29) is 5.91 Å². The Labute approximate surface area is 170 Å². The molecular formula is C22H27N5O2. The summed E-state index contributed by atoms with van der Waals surface area (Å²) in [4.78, 5) is 24.4. The van der Waals surface area contributed by atoms with Crippen molar-refractivity contribution >= 4 is 22.6 Å². The maximum Gasteiger partial charge on any atom is 0.246 e. The topological polar surface area (TPSA) is 72.3 Å². The van der Waals surface area contributed by atoms with Gasteiger partial charge in [0.05, 0.1) is 24.2 Å². The molecule has 4 rings (SSSR count). The number of carbonyl (C=O) groups excluding carboxylic acids is 1. The van der Waals surface area contributed by atoms with Gasteiger partial charge in [-0.1, -0.05) is 13.0 Å². The van der Waals surface area contributed by atoms with Crippen molar-refractivity contribution in [2.75, 3.05) is 31.6 Å². The first-order valence-corrected chi connectivity index (χ1v) is 10.2. The Morgan fingerprint density at radius 3 is 2.76 bits per heavy atom. The molecule has 0 saturated carbocycles. The van der Waals surface area contributed by atoms with E-state index in [1.165, 1.54) is 0 Å². The lowest BCUT2D eigenvalue weighted by Crippen LogP contribution is -2.43. The molecule has 3 aromatic rings. The van der Waals surface area contributed by atoms with Gasteiger partial charge in [0, 0.05) is 44.1 Å². The fourth-order valence-corrected chi connectivity index (χ4v) is 3.99. The number of aromatic nitrogens is 3. The number of nitrogens with zero attached hydrogens (tertiary/aromatic N) is 4. The van der Waals surface area contributed by atoms with Crippen molar-refractivity contribution in [3.63, 3.8) is 0 Å². The average molecular weight is 393 g/mol. The first-order valence-electron chi connectivity index (χ1n) is 10.2. The van der Waals surface area contributed by atoms with Gasteiger partial charge in [-0.2, -0.15) is 0 Å². The highest BCUT2D eigenvalue weighted by molar-refractivity contribution is 5.97. The molecule has 0 bridgehead atoms. The Morgan fingerprint density at radius 1 is 1.24 bits per heavy atom. The third kappa shape index (κ3) is 4.02.